The Kier molecular flexibility index (Phi) is 3.88. The van der Waals surface area contributed by atoms with Gasteiger partial charge in [-0.1, -0.05) is 6.07 Å². The number of hydrogen-bond acceptors (Lipinski definition) is 3. The van der Waals surface area contributed by atoms with Crippen LogP contribution in [0.4, 0.5) is 0 Å². The van der Waals surface area contributed by atoms with Gasteiger partial charge in [0.25, 0.3) is 0 Å². The van der Waals surface area contributed by atoms with Gasteiger partial charge >= 0.3 is 0 Å². The summed E-state index contributed by atoms with van der Waals surface area (Å²) < 4.78 is 1.90. The molecule has 0 aliphatic rings. The Balaban J connectivity index is 1.91. The maximum Gasteiger partial charge on any atom is 0.0537 e. The zero-order valence-corrected chi connectivity index (χ0v) is 10.1. The summed E-state index contributed by atoms with van der Waals surface area (Å²) >= 11 is 0. The van der Waals surface area contributed by atoms with Crippen LogP contribution in [0.1, 0.15) is 30.5 Å². The molecule has 2 aromatic rings. The van der Waals surface area contributed by atoms with E-state index in [2.05, 4.69) is 23.1 Å². The van der Waals surface area contributed by atoms with E-state index in [-0.39, 0.29) is 6.04 Å². The predicted molar refractivity (Wildman–Crippen MR) is 67.4 cm³/mol. The van der Waals surface area contributed by atoms with Crippen LogP contribution in [0.2, 0.25) is 0 Å². The van der Waals surface area contributed by atoms with E-state index in [4.69, 9.17) is 5.73 Å². The van der Waals surface area contributed by atoms with Gasteiger partial charge in [0.15, 0.2) is 0 Å². The van der Waals surface area contributed by atoms with Gasteiger partial charge in [-0.05, 0) is 31.4 Å². The molecule has 0 radical (unpaired) electrons. The molecule has 2 N–H and O–H groups in total. The van der Waals surface area contributed by atoms with Gasteiger partial charge in [0, 0.05) is 36.7 Å². The maximum absolute atomic E-state index is 6.14. The molecule has 0 aliphatic heterocycles. The molecule has 0 saturated carbocycles. The van der Waals surface area contributed by atoms with Crippen LogP contribution >= 0.6 is 0 Å². The van der Waals surface area contributed by atoms with Crippen molar-refractivity contribution < 1.29 is 0 Å². The number of pyridine rings is 1. The van der Waals surface area contributed by atoms with E-state index in [0.717, 1.165) is 24.9 Å². The lowest BCUT2D eigenvalue weighted by Gasteiger charge is -2.08. The molecule has 0 saturated heterocycles. The van der Waals surface area contributed by atoms with Crippen molar-refractivity contribution >= 4 is 0 Å². The predicted octanol–water partition coefficient (Wildman–Crippen LogP) is 1.93. The molecule has 0 bridgehead atoms. The van der Waals surface area contributed by atoms with Gasteiger partial charge in [-0.2, -0.15) is 5.10 Å². The second kappa shape index (κ2) is 5.59. The molecule has 0 fully saturated rings. The molecule has 90 valence electrons. The first kappa shape index (κ1) is 11.8. The van der Waals surface area contributed by atoms with E-state index in [1.165, 1.54) is 5.56 Å². The van der Waals surface area contributed by atoms with Crippen molar-refractivity contribution in [2.45, 2.75) is 32.4 Å². The van der Waals surface area contributed by atoms with E-state index in [0.29, 0.717) is 0 Å². The standard InChI is InChI=1S/C13H18N4/c1-2-17-10-12(9-16-17)13(14)6-5-11-4-3-7-15-8-11/h3-4,7-10,13H,2,5-6,14H2,1H3. The highest BCUT2D eigenvalue weighted by Crippen LogP contribution is 2.15. The lowest BCUT2D eigenvalue weighted by atomic mass is 10.0. The Morgan fingerprint density at radius 3 is 2.94 bits per heavy atom. The molecule has 2 aromatic heterocycles. The van der Waals surface area contributed by atoms with Crippen molar-refractivity contribution in [3.63, 3.8) is 0 Å². The Labute approximate surface area is 101 Å². The van der Waals surface area contributed by atoms with Crippen LogP contribution in [0.15, 0.2) is 36.9 Å². The van der Waals surface area contributed by atoms with Crippen LogP contribution in [0.3, 0.4) is 0 Å². The number of aryl methyl sites for hydroxylation is 2. The van der Waals surface area contributed by atoms with Crippen LogP contribution < -0.4 is 5.73 Å². The van der Waals surface area contributed by atoms with Gasteiger partial charge in [0.2, 0.25) is 0 Å². The van der Waals surface area contributed by atoms with Crippen LogP contribution in [0, 0.1) is 0 Å². The molecule has 1 atom stereocenters. The van der Waals surface area contributed by atoms with Gasteiger partial charge in [0.1, 0.15) is 0 Å². The van der Waals surface area contributed by atoms with Crippen molar-refractivity contribution in [2.75, 3.05) is 0 Å². The average Bonchev–Trinajstić information content (AvgIpc) is 2.86. The molecule has 4 nitrogen and oxygen atoms in total. The van der Waals surface area contributed by atoms with Crippen LogP contribution in [0.25, 0.3) is 0 Å². The normalized spacial score (nSPS) is 12.6. The highest BCUT2D eigenvalue weighted by Gasteiger charge is 2.08. The minimum Gasteiger partial charge on any atom is -0.324 e. The summed E-state index contributed by atoms with van der Waals surface area (Å²) in [6, 6.07) is 4.08. The first-order valence-electron chi connectivity index (χ1n) is 5.96. The van der Waals surface area contributed by atoms with Crippen molar-refractivity contribution in [3.05, 3.63) is 48.0 Å². The summed E-state index contributed by atoms with van der Waals surface area (Å²) in [5, 5.41) is 4.24. The minimum absolute atomic E-state index is 0.0514. The summed E-state index contributed by atoms with van der Waals surface area (Å²) in [6.07, 6.45) is 9.43. The van der Waals surface area contributed by atoms with E-state index in [9.17, 15) is 0 Å². The number of nitrogens with two attached hydrogens (primary N) is 1. The van der Waals surface area contributed by atoms with E-state index in [1.54, 1.807) is 6.20 Å². The van der Waals surface area contributed by atoms with Crippen molar-refractivity contribution in [1.82, 2.24) is 14.8 Å². The highest BCUT2D eigenvalue weighted by molar-refractivity contribution is 5.13. The maximum atomic E-state index is 6.14. The molecule has 2 heterocycles. The quantitative estimate of drug-likeness (QED) is 0.854. The van der Waals surface area contributed by atoms with Crippen molar-refractivity contribution in [1.29, 1.82) is 0 Å². The Morgan fingerprint density at radius 2 is 2.29 bits per heavy atom. The molecule has 1 unspecified atom stereocenters. The third-order valence-corrected chi connectivity index (χ3v) is 2.87. The highest BCUT2D eigenvalue weighted by atomic mass is 15.3. The average molecular weight is 230 g/mol. The number of hydrogen-bond donors (Lipinski definition) is 1. The van der Waals surface area contributed by atoms with Crippen LogP contribution in [-0.2, 0) is 13.0 Å². The monoisotopic (exact) mass is 230 g/mol. The zero-order chi connectivity index (χ0) is 12.1. The summed E-state index contributed by atoms with van der Waals surface area (Å²) in [5.41, 5.74) is 8.47. The Bertz CT molecular complexity index is 449. The van der Waals surface area contributed by atoms with Gasteiger partial charge in [-0.3, -0.25) is 9.67 Å². The number of nitrogens with zero attached hydrogens (tertiary/aromatic N) is 3. The molecule has 0 aliphatic carbocycles. The first-order chi connectivity index (χ1) is 8.29. The molecule has 17 heavy (non-hydrogen) atoms. The molecule has 0 amide bonds. The van der Waals surface area contributed by atoms with Crippen LogP contribution in [0.5, 0.6) is 0 Å². The lowest BCUT2D eigenvalue weighted by Crippen LogP contribution is -2.10. The number of rotatable bonds is 5. The summed E-state index contributed by atoms with van der Waals surface area (Å²) in [7, 11) is 0. The third-order valence-electron chi connectivity index (χ3n) is 2.87. The fourth-order valence-electron chi connectivity index (χ4n) is 1.78. The van der Waals surface area contributed by atoms with Crippen molar-refractivity contribution in [3.8, 4) is 0 Å². The summed E-state index contributed by atoms with van der Waals surface area (Å²) in [6.45, 7) is 2.95. The first-order valence-corrected chi connectivity index (χ1v) is 5.96. The van der Waals surface area contributed by atoms with E-state index >= 15 is 0 Å². The molecule has 0 aromatic carbocycles. The smallest absolute Gasteiger partial charge is 0.0537 e. The van der Waals surface area contributed by atoms with Crippen LogP contribution in [-0.4, -0.2) is 14.8 Å². The fraction of sp³-hybridized carbons (Fsp3) is 0.385. The van der Waals surface area contributed by atoms with Gasteiger partial charge in [-0.15, -0.1) is 0 Å². The SMILES string of the molecule is CCn1cc(C(N)CCc2cccnc2)cn1. The zero-order valence-electron chi connectivity index (χ0n) is 10.1. The summed E-state index contributed by atoms with van der Waals surface area (Å²) in [5.74, 6) is 0. The molecular weight excluding hydrogens is 212 g/mol. The Morgan fingerprint density at radius 1 is 1.41 bits per heavy atom. The molecule has 4 heteroatoms. The largest absolute Gasteiger partial charge is 0.324 e. The molecule has 0 spiro atoms. The van der Waals surface area contributed by atoms with E-state index < -0.39 is 0 Å². The minimum atomic E-state index is 0.0514. The second-order valence-electron chi connectivity index (χ2n) is 4.14. The van der Waals surface area contributed by atoms with Gasteiger partial charge in [-0.25, -0.2) is 0 Å². The van der Waals surface area contributed by atoms with Gasteiger partial charge < -0.3 is 5.73 Å². The van der Waals surface area contributed by atoms with E-state index in [1.807, 2.05) is 29.3 Å². The summed E-state index contributed by atoms with van der Waals surface area (Å²) in [4.78, 5) is 4.10. The fourth-order valence-corrected chi connectivity index (χ4v) is 1.78. The van der Waals surface area contributed by atoms with Crippen molar-refractivity contribution in [2.24, 2.45) is 5.73 Å². The third kappa shape index (κ3) is 3.14. The number of aromatic nitrogens is 3. The lowest BCUT2D eigenvalue weighted by molar-refractivity contribution is 0.639. The van der Waals surface area contributed by atoms with Gasteiger partial charge in [0.05, 0.1) is 6.20 Å². The topological polar surface area (TPSA) is 56.7 Å². The molecular formula is C13H18N4. The second-order valence-corrected chi connectivity index (χ2v) is 4.14. The Hall–Kier alpha value is -1.68. The molecule has 2 rings (SSSR count).